The Morgan fingerprint density at radius 3 is 0.716 bits per heavy atom. The molecule has 0 aliphatic carbocycles. The van der Waals surface area contributed by atoms with Gasteiger partial charge in [0.2, 0.25) is 0 Å². The second-order valence-electron chi connectivity index (χ2n) is 28.3. The normalized spacial score (nSPS) is 14.0. The number of carbonyl (C=O) groups excluding carboxylic acids is 4. The molecule has 564 valence electrons. The molecule has 0 saturated heterocycles. The van der Waals surface area contributed by atoms with Gasteiger partial charge in [0, 0.05) is 25.7 Å². The molecule has 0 aliphatic heterocycles. The highest BCUT2D eigenvalue weighted by Gasteiger charge is 2.30. The molecule has 0 spiro atoms. The van der Waals surface area contributed by atoms with Gasteiger partial charge in [0.05, 0.1) is 26.4 Å². The molecule has 0 aromatic carbocycles. The van der Waals surface area contributed by atoms with Crippen LogP contribution in [-0.4, -0.2) is 96.7 Å². The molecule has 0 radical (unpaired) electrons. The molecule has 0 bridgehead atoms. The number of unbranched alkanes of at least 4 members (excludes halogenated alkanes) is 45. The second kappa shape index (κ2) is 67.9. The summed E-state index contributed by atoms with van der Waals surface area (Å²) in [5, 5.41) is 10.6. The van der Waals surface area contributed by atoms with Crippen LogP contribution < -0.4 is 0 Å². The number of hydrogen-bond donors (Lipinski definition) is 3. The van der Waals surface area contributed by atoms with Crippen LogP contribution in [0.4, 0.5) is 0 Å². The highest BCUT2D eigenvalue weighted by molar-refractivity contribution is 7.47. The van der Waals surface area contributed by atoms with E-state index in [0.29, 0.717) is 25.7 Å². The summed E-state index contributed by atoms with van der Waals surface area (Å²) < 4.78 is 68.3. The molecular formula is C76H148O17P2. The van der Waals surface area contributed by atoms with Crippen molar-refractivity contribution in [3.8, 4) is 0 Å². The molecule has 0 aliphatic rings. The second-order valence-corrected chi connectivity index (χ2v) is 31.3. The summed E-state index contributed by atoms with van der Waals surface area (Å²) in [5.74, 6) is -0.507. The molecule has 3 N–H and O–H groups in total. The number of phosphoric acid groups is 2. The molecule has 0 heterocycles. The lowest BCUT2D eigenvalue weighted by molar-refractivity contribution is -0.161. The van der Waals surface area contributed by atoms with Crippen molar-refractivity contribution >= 4 is 39.5 Å². The Bertz CT molecular complexity index is 1840. The number of aliphatic hydroxyl groups is 1. The first-order chi connectivity index (χ1) is 45.9. The first kappa shape index (κ1) is 93.1. The maximum atomic E-state index is 13.1. The highest BCUT2D eigenvalue weighted by atomic mass is 31.2. The maximum Gasteiger partial charge on any atom is 0.472 e. The van der Waals surface area contributed by atoms with E-state index in [9.17, 15) is 43.2 Å². The zero-order chi connectivity index (χ0) is 70.0. The van der Waals surface area contributed by atoms with Gasteiger partial charge in [-0.2, -0.15) is 0 Å². The summed E-state index contributed by atoms with van der Waals surface area (Å²) in [4.78, 5) is 72.5. The molecule has 0 aromatic rings. The average Bonchev–Trinajstić information content (AvgIpc) is 1.49. The number of aliphatic hydroxyl groups excluding tert-OH is 1. The quantitative estimate of drug-likeness (QED) is 0.0222. The van der Waals surface area contributed by atoms with E-state index in [2.05, 4.69) is 41.5 Å². The molecule has 0 fully saturated rings. The molecule has 0 aromatic heterocycles. The number of esters is 4. The van der Waals surface area contributed by atoms with Crippen LogP contribution in [0.3, 0.4) is 0 Å². The topological polar surface area (TPSA) is 237 Å². The van der Waals surface area contributed by atoms with Gasteiger partial charge in [0.25, 0.3) is 0 Å². The first-order valence-electron chi connectivity index (χ1n) is 39.5. The summed E-state index contributed by atoms with van der Waals surface area (Å²) in [5.41, 5.74) is 0. The van der Waals surface area contributed by atoms with E-state index in [4.69, 9.17) is 37.0 Å². The predicted octanol–water partition coefficient (Wildman–Crippen LogP) is 22.3. The Kier molecular flexibility index (Phi) is 66.5. The van der Waals surface area contributed by atoms with Crippen LogP contribution in [0.1, 0.15) is 395 Å². The van der Waals surface area contributed by atoms with Crippen LogP contribution in [0.2, 0.25) is 0 Å². The van der Waals surface area contributed by atoms with Gasteiger partial charge in [-0.1, -0.05) is 343 Å². The van der Waals surface area contributed by atoms with Crippen LogP contribution in [0.5, 0.6) is 0 Å². The van der Waals surface area contributed by atoms with Crippen LogP contribution >= 0.6 is 15.6 Å². The fraction of sp³-hybridized carbons (Fsp3) is 0.947. The molecule has 95 heavy (non-hydrogen) atoms. The van der Waals surface area contributed by atoms with E-state index in [-0.39, 0.29) is 25.7 Å². The third-order valence-corrected chi connectivity index (χ3v) is 19.6. The number of rotatable bonds is 75. The van der Waals surface area contributed by atoms with E-state index in [1.54, 1.807) is 0 Å². The van der Waals surface area contributed by atoms with Gasteiger partial charge in [-0.25, -0.2) is 9.13 Å². The van der Waals surface area contributed by atoms with Crippen molar-refractivity contribution in [1.29, 1.82) is 0 Å². The number of carbonyl (C=O) groups is 4. The SMILES string of the molecule is CCCCCCCCCCCCCCC(=O)O[C@H](COC(=O)CCCCCCC)COP(=O)(O)OC[C@H](O)COP(=O)(O)OC[C@@H](COC(=O)CCCCCCCCCCCCCCCCC(C)C)OC(=O)CCCCCCCCCCCCCCCCCCCCC(C)C. The van der Waals surface area contributed by atoms with Gasteiger partial charge in [-0.3, -0.25) is 37.3 Å². The van der Waals surface area contributed by atoms with E-state index in [1.807, 2.05) is 0 Å². The minimum absolute atomic E-state index is 0.106. The van der Waals surface area contributed by atoms with E-state index < -0.39 is 97.5 Å². The lowest BCUT2D eigenvalue weighted by Crippen LogP contribution is -2.30. The smallest absolute Gasteiger partial charge is 0.462 e. The zero-order valence-electron chi connectivity index (χ0n) is 62.0. The maximum absolute atomic E-state index is 13.1. The van der Waals surface area contributed by atoms with E-state index in [0.717, 1.165) is 108 Å². The van der Waals surface area contributed by atoms with Crippen molar-refractivity contribution in [2.45, 2.75) is 413 Å². The Morgan fingerprint density at radius 2 is 0.484 bits per heavy atom. The zero-order valence-corrected chi connectivity index (χ0v) is 63.8. The fourth-order valence-corrected chi connectivity index (χ4v) is 13.2. The van der Waals surface area contributed by atoms with Crippen molar-refractivity contribution < 1.29 is 80.2 Å². The summed E-state index contributed by atoms with van der Waals surface area (Å²) in [7, 11) is -9.90. The Hall–Kier alpha value is -1.94. The molecule has 17 nitrogen and oxygen atoms in total. The van der Waals surface area contributed by atoms with E-state index >= 15 is 0 Å². The number of ether oxygens (including phenoxy) is 4. The van der Waals surface area contributed by atoms with Gasteiger partial charge in [0.15, 0.2) is 12.2 Å². The van der Waals surface area contributed by atoms with Crippen LogP contribution in [-0.2, 0) is 65.4 Å². The summed E-state index contributed by atoms with van der Waals surface area (Å²) >= 11 is 0. The Balaban J connectivity index is 5.12. The summed E-state index contributed by atoms with van der Waals surface area (Å²) in [6.07, 6.45) is 55.9. The summed E-state index contributed by atoms with van der Waals surface area (Å²) in [6, 6.07) is 0. The molecular weight excluding hydrogens is 1250 g/mol. The number of hydrogen-bond acceptors (Lipinski definition) is 15. The minimum Gasteiger partial charge on any atom is -0.462 e. The van der Waals surface area contributed by atoms with Crippen LogP contribution in [0.25, 0.3) is 0 Å². The largest absolute Gasteiger partial charge is 0.472 e. The molecule has 0 saturated carbocycles. The van der Waals surface area contributed by atoms with Gasteiger partial charge >= 0.3 is 39.5 Å². The van der Waals surface area contributed by atoms with Crippen LogP contribution in [0, 0.1) is 11.8 Å². The fourth-order valence-electron chi connectivity index (χ4n) is 11.7. The van der Waals surface area contributed by atoms with E-state index in [1.165, 1.54) is 205 Å². The lowest BCUT2D eigenvalue weighted by atomic mass is 10.0. The van der Waals surface area contributed by atoms with Gasteiger partial charge in [-0.15, -0.1) is 0 Å². The first-order valence-corrected chi connectivity index (χ1v) is 42.5. The predicted molar refractivity (Wildman–Crippen MR) is 386 cm³/mol. The Labute approximate surface area is 581 Å². The summed E-state index contributed by atoms with van der Waals surface area (Å²) in [6.45, 7) is 9.57. The van der Waals surface area contributed by atoms with Crippen molar-refractivity contribution in [2.24, 2.45) is 11.8 Å². The molecule has 2 unspecified atom stereocenters. The van der Waals surface area contributed by atoms with Crippen molar-refractivity contribution in [2.75, 3.05) is 39.6 Å². The molecule has 0 amide bonds. The third-order valence-electron chi connectivity index (χ3n) is 17.7. The lowest BCUT2D eigenvalue weighted by Gasteiger charge is -2.21. The van der Waals surface area contributed by atoms with Gasteiger partial charge in [-0.05, 0) is 37.5 Å². The minimum atomic E-state index is -4.96. The van der Waals surface area contributed by atoms with Crippen molar-refractivity contribution in [3.05, 3.63) is 0 Å². The van der Waals surface area contributed by atoms with Gasteiger partial charge in [0.1, 0.15) is 19.3 Å². The van der Waals surface area contributed by atoms with Crippen molar-refractivity contribution in [3.63, 3.8) is 0 Å². The average molecular weight is 1400 g/mol. The molecule has 5 atom stereocenters. The van der Waals surface area contributed by atoms with Gasteiger partial charge < -0.3 is 33.8 Å². The molecule has 0 rings (SSSR count). The standard InChI is InChI=1S/C76H148O17P2/c1-7-9-11-13-14-15-16-31-37-42-48-54-60-75(80)92-71(64-86-73(78)58-52-44-12-10-8-2)66-90-94(82,83)88-62-70(77)63-89-95(84,85)91-67-72(65-87-74(79)59-53-47-41-36-32-27-24-23-26-30-35-40-46-51-57-69(5)6)93-76(81)61-55-49-43-38-33-28-22-20-18-17-19-21-25-29-34-39-45-50-56-68(3)4/h68-72,77H,7-67H2,1-6H3,(H,82,83)(H,84,85)/t70-,71+,72+/m0/s1. The highest BCUT2D eigenvalue weighted by Crippen LogP contribution is 2.45. The van der Waals surface area contributed by atoms with Crippen LogP contribution in [0.15, 0.2) is 0 Å². The monoisotopic (exact) mass is 1400 g/mol. The Morgan fingerprint density at radius 1 is 0.284 bits per heavy atom. The van der Waals surface area contributed by atoms with Crippen molar-refractivity contribution in [1.82, 2.24) is 0 Å². The molecule has 19 heteroatoms. The third kappa shape index (κ3) is 70.3. The number of phosphoric ester groups is 2.